The highest BCUT2D eigenvalue weighted by Gasteiger charge is 2.17. The minimum atomic E-state index is 0. The standard InChI is InChI=1S/C16H33N5O.HI/c1-4-5-6-7-8-18-16(17-3)19-9-10-20-11-13-21(14-12-20)15(2)22;/h4-14H2,1-3H3,(H2,17,18,19);1H. The summed E-state index contributed by atoms with van der Waals surface area (Å²) in [6.07, 6.45) is 5.05. The first kappa shape index (κ1) is 22.4. The Bertz CT molecular complexity index is 343. The normalized spacial score (nSPS) is 16.0. The topological polar surface area (TPSA) is 60.0 Å². The second-order valence-corrected chi connectivity index (χ2v) is 5.83. The van der Waals surface area contributed by atoms with Crippen LogP contribution in [-0.4, -0.2) is 74.5 Å². The smallest absolute Gasteiger partial charge is 0.219 e. The molecule has 0 spiro atoms. The molecule has 1 aliphatic rings. The molecule has 0 aliphatic carbocycles. The number of guanidine groups is 1. The van der Waals surface area contributed by atoms with Gasteiger partial charge in [-0.2, -0.15) is 0 Å². The lowest BCUT2D eigenvalue weighted by atomic mass is 10.2. The van der Waals surface area contributed by atoms with E-state index in [-0.39, 0.29) is 29.9 Å². The van der Waals surface area contributed by atoms with Gasteiger partial charge < -0.3 is 15.5 Å². The summed E-state index contributed by atoms with van der Waals surface area (Å²) in [7, 11) is 1.81. The third-order valence-electron chi connectivity index (χ3n) is 4.08. The van der Waals surface area contributed by atoms with Crippen molar-refractivity contribution in [2.45, 2.75) is 39.5 Å². The van der Waals surface area contributed by atoms with Crippen LogP contribution in [0.25, 0.3) is 0 Å². The van der Waals surface area contributed by atoms with Gasteiger partial charge in [0.15, 0.2) is 5.96 Å². The predicted molar refractivity (Wildman–Crippen MR) is 108 cm³/mol. The van der Waals surface area contributed by atoms with Crippen LogP contribution < -0.4 is 10.6 Å². The first-order chi connectivity index (χ1) is 10.7. The Morgan fingerprint density at radius 2 is 1.70 bits per heavy atom. The second kappa shape index (κ2) is 13.8. The molecule has 2 N–H and O–H groups in total. The molecule has 7 heteroatoms. The quantitative estimate of drug-likeness (QED) is 0.261. The average molecular weight is 439 g/mol. The van der Waals surface area contributed by atoms with Crippen LogP contribution in [0, 0.1) is 0 Å². The highest BCUT2D eigenvalue weighted by Crippen LogP contribution is 2.01. The van der Waals surface area contributed by atoms with Gasteiger partial charge in [-0.3, -0.25) is 14.7 Å². The van der Waals surface area contributed by atoms with Crippen molar-refractivity contribution in [2.24, 2.45) is 4.99 Å². The molecule has 1 rings (SSSR count). The van der Waals surface area contributed by atoms with Gasteiger partial charge in [-0.15, -0.1) is 24.0 Å². The maximum absolute atomic E-state index is 11.3. The summed E-state index contributed by atoms with van der Waals surface area (Å²) < 4.78 is 0. The van der Waals surface area contributed by atoms with E-state index in [0.717, 1.165) is 51.8 Å². The predicted octanol–water partition coefficient (Wildman–Crippen LogP) is 1.51. The van der Waals surface area contributed by atoms with E-state index < -0.39 is 0 Å². The van der Waals surface area contributed by atoms with Crippen LogP contribution in [0.15, 0.2) is 4.99 Å². The number of hydrogen-bond acceptors (Lipinski definition) is 3. The van der Waals surface area contributed by atoms with E-state index >= 15 is 0 Å². The Labute approximate surface area is 158 Å². The Hall–Kier alpha value is -0.570. The minimum Gasteiger partial charge on any atom is -0.356 e. The van der Waals surface area contributed by atoms with E-state index in [1.807, 2.05) is 11.9 Å². The van der Waals surface area contributed by atoms with Gasteiger partial charge >= 0.3 is 0 Å². The van der Waals surface area contributed by atoms with E-state index in [9.17, 15) is 4.79 Å². The molecule has 0 saturated carbocycles. The van der Waals surface area contributed by atoms with Gasteiger partial charge in [-0.1, -0.05) is 26.2 Å². The largest absolute Gasteiger partial charge is 0.356 e. The highest BCUT2D eigenvalue weighted by atomic mass is 127. The number of hydrogen-bond donors (Lipinski definition) is 2. The van der Waals surface area contributed by atoms with Crippen molar-refractivity contribution in [2.75, 3.05) is 52.9 Å². The summed E-state index contributed by atoms with van der Waals surface area (Å²) >= 11 is 0. The van der Waals surface area contributed by atoms with Crippen molar-refractivity contribution in [3.8, 4) is 0 Å². The van der Waals surface area contributed by atoms with E-state index in [4.69, 9.17) is 0 Å². The third-order valence-corrected chi connectivity index (χ3v) is 4.08. The van der Waals surface area contributed by atoms with Crippen LogP contribution in [0.1, 0.15) is 39.5 Å². The van der Waals surface area contributed by atoms with Gasteiger partial charge in [0.05, 0.1) is 0 Å². The third kappa shape index (κ3) is 10.0. The zero-order chi connectivity index (χ0) is 16.2. The summed E-state index contributed by atoms with van der Waals surface area (Å²) in [6, 6.07) is 0. The van der Waals surface area contributed by atoms with Gasteiger partial charge in [0.2, 0.25) is 5.91 Å². The molecule has 23 heavy (non-hydrogen) atoms. The lowest BCUT2D eigenvalue weighted by Crippen LogP contribution is -2.50. The van der Waals surface area contributed by atoms with Crippen molar-refractivity contribution in [3.05, 3.63) is 0 Å². The van der Waals surface area contributed by atoms with Gasteiger partial charge in [0.1, 0.15) is 0 Å². The van der Waals surface area contributed by atoms with Crippen molar-refractivity contribution in [3.63, 3.8) is 0 Å². The molecule has 0 unspecified atom stereocenters. The number of unbranched alkanes of at least 4 members (excludes halogenated alkanes) is 3. The first-order valence-electron chi connectivity index (χ1n) is 8.59. The molecule has 0 atom stereocenters. The molecule has 0 aromatic heterocycles. The Morgan fingerprint density at radius 3 is 2.26 bits per heavy atom. The van der Waals surface area contributed by atoms with E-state index in [2.05, 4.69) is 27.4 Å². The number of piperazine rings is 1. The molecule has 0 bridgehead atoms. The van der Waals surface area contributed by atoms with E-state index in [1.54, 1.807) is 6.92 Å². The monoisotopic (exact) mass is 439 g/mol. The highest BCUT2D eigenvalue weighted by molar-refractivity contribution is 14.0. The maximum Gasteiger partial charge on any atom is 0.219 e. The molecule has 136 valence electrons. The van der Waals surface area contributed by atoms with Gasteiger partial charge in [0.25, 0.3) is 0 Å². The van der Waals surface area contributed by atoms with Gasteiger partial charge in [-0.25, -0.2) is 0 Å². The summed E-state index contributed by atoms with van der Waals surface area (Å²) in [5.41, 5.74) is 0. The van der Waals surface area contributed by atoms with E-state index in [1.165, 1.54) is 25.7 Å². The summed E-state index contributed by atoms with van der Waals surface area (Å²) in [5, 5.41) is 6.71. The van der Waals surface area contributed by atoms with E-state index in [0.29, 0.717) is 0 Å². The molecule has 1 saturated heterocycles. The van der Waals surface area contributed by atoms with Crippen LogP contribution in [0.4, 0.5) is 0 Å². The molecular formula is C16H34IN5O. The molecule has 1 heterocycles. The molecule has 6 nitrogen and oxygen atoms in total. The first-order valence-corrected chi connectivity index (χ1v) is 8.59. The van der Waals surface area contributed by atoms with Crippen LogP contribution in [0.2, 0.25) is 0 Å². The van der Waals surface area contributed by atoms with Crippen molar-refractivity contribution >= 4 is 35.8 Å². The molecule has 1 fully saturated rings. The van der Waals surface area contributed by atoms with Crippen molar-refractivity contribution < 1.29 is 4.79 Å². The van der Waals surface area contributed by atoms with Crippen molar-refractivity contribution in [1.82, 2.24) is 20.4 Å². The summed E-state index contributed by atoms with van der Waals surface area (Å²) in [5.74, 6) is 1.07. The average Bonchev–Trinajstić information content (AvgIpc) is 2.53. The molecule has 0 aromatic rings. The fourth-order valence-electron chi connectivity index (χ4n) is 2.60. The molecule has 0 radical (unpaired) electrons. The Morgan fingerprint density at radius 1 is 1.04 bits per heavy atom. The Kier molecular flexibility index (Phi) is 13.5. The molecular weight excluding hydrogens is 405 g/mol. The van der Waals surface area contributed by atoms with Crippen molar-refractivity contribution in [1.29, 1.82) is 0 Å². The zero-order valence-electron chi connectivity index (χ0n) is 14.9. The lowest BCUT2D eigenvalue weighted by Gasteiger charge is -2.34. The molecule has 1 aliphatic heterocycles. The molecule has 1 amide bonds. The minimum absolute atomic E-state index is 0. The zero-order valence-corrected chi connectivity index (χ0v) is 17.3. The summed E-state index contributed by atoms with van der Waals surface area (Å²) in [6.45, 7) is 10.3. The van der Waals surface area contributed by atoms with Crippen LogP contribution in [0.3, 0.4) is 0 Å². The number of nitrogens with one attached hydrogen (secondary N) is 2. The van der Waals surface area contributed by atoms with Crippen LogP contribution >= 0.6 is 24.0 Å². The van der Waals surface area contributed by atoms with Gasteiger partial charge in [0, 0.05) is 59.8 Å². The number of carbonyl (C=O) groups excluding carboxylic acids is 1. The Balaban J connectivity index is 0.00000484. The van der Waals surface area contributed by atoms with Crippen LogP contribution in [-0.2, 0) is 4.79 Å². The molecule has 0 aromatic carbocycles. The van der Waals surface area contributed by atoms with Crippen LogP contribution in [0.5, 0.6) is 0 Å². The number of nitrogens with zero attached hydrogens (tertiary/aromatic N) is 3. The fraction of sp³-hybridized carbons (Fsp3) is 0.875. The maximum atomic E-state index is 11.3. The number of aliphatic imine (C=N–C) groups is 1. The number of carbonyl (C=O) groups is 1. The number of rotatable bonds is 8. The number of amides is 1. The lowest BCUT2D eigenvalue weighted by molar-refractivity contribution is -0.130. The fourth-order valence-corrected chi connectivity index (χ4v) is 2.60. The SMILES string of the molecule is CCCCCCNC(=NC)NCCN1CCN(C(C)=O)CC1.I. The summed E-state index contributed by atoms with van der Waals surface area (Å²) in [4.78, 5) is 19.8. The number of halogens is 1. The van der Waals surface area contributed by atoms with Gasteiger partial charge in [-0.05, 0) is 6.42 Å². The second-order valence-electron chi connectivity index (χ2n) is 5.83.